The van der Waals surface area contributed by atoms with Crippen molar-refractivity contribution in [1.82, 2.24) is 15.8 Å². The molecule has 0 saturated heterocycles. The van der Waals surface area contributed by atoms with E-state index in [4.69, 9.17) is 4.52 Å². The number of nitrogens with one attached hydrogen (secondary N) is 2. The first-order valence-corrected chi connectivity index (χ1v) is 10.2. The first-order chi connectivity index (χ1) is 12.5. The summed E-state index contributed by atoms with van der Waals surface area (Å²) in [6.07, 6.45) is 6.12. The zero-order valence-corrected chi connectivity index (χ0v) is 19.6. The second-order valence-electron chi connectivity index (χ2n) is 7.70. The average Bonchev–Trinajstić information content (AvgIpc) is 3.10. The maximum Gasteiger partial charge on any atom is 0.191 e. The Morgan fingerprint density at radius 2 is 2.07 bits per heavy atom. The molecule has 2 atom stereocenters. The van der Waals surface area contributed by atoms with Crippen molar-refractivity contribution in [1.29, 1.82) is 0 Å². The fourth-order valence-electron chi connectivity index (χ4n) is 3.67. The number of nitrogens with zero attached hydrogens (tertiary/aromatic N) is 2. The molecule has 7 heteroatoms. The lowest BCUT2D eigenvalue weighted by Gasteiger charge is -2.38. The van der Waals surface area contributed by atoms with Gasteiger partial charge in [-0.05, 0) is 32.6 Å². The van der Waals surface area contributed by atoms with Crippen molar-refractivity contribution < 1.29 is 9.63 Å². The van der Waals surface area contributed by atoms with E-state index in [1.165, 1.54) is 6.42 Å². The second kappa shape index (κ2) is 11.9. The molecule has 0 amide bonds. The lowest BCUT2D eigenvalue weighted by Crippen LogP contribution is -2.48. The third-order valence-electron chi connectivity index (χ3n) is 5.66. The van der Waals surface area contributed by atoms with Crippen LogP contribution in [0.25, 0.3) is 0 Å². The second-order valence-corrected chi connectivity index (χ2v) is 7.70. The van der Waals surface area contributed by atoms with Gasteiger partial charge in [-0.1, -0.05) is 38.8 Å². The maximum absolute atomic E-state index is 10.4. The Kier molecular flexibility index (Phi) is 10.7. The van der Waals surface area contributed by atoms with Crippen LogP contribution in [0.5, 0.6) is 0 Å². The quantitative estimate of drug-likeness (QED) is 0.288. The van der Waals surface area contributed by atoms with Crippen molar-refractivity contribution in [3.05, 3.63) is 17.5 Å². The molecule has 156 valence electrons. The van der Waals surface area contributed by atoms with Gasteiger partial charge in [0.05, 0.1) is 11.8 Å². The van der Waals surface area contributed by atoms with E-state index in [0.717, 1.165) is 62.6 Å². The zero-order valence-electron chi connectivity index (χ0n) is 17.3. The van der Waals surface area contributed by atoms with E-state index in [2.05, 4.69) is 41.6 Å². The van der Waals surface area contributed by atoms with Crippen LogP contribution in [0.3, 0.4) is 0 Å². The molecule has 0 radical (unpaired) electrons. The lowest BCUT2D eigenvalue weighted by atomic mass is 9.73. The predicted octanol–water partition coefficient (Wildman–Crippen LogP) is 4.19. The molecule has 1 fully saturated rings. The van der Waals surface area contributed by atoms with Crippen LogP contribution < -0.4 is 10.6 Å². The Balaban J connectivity index is 0.00000364. The van der Waals surface area contributed by atoms with Crippen LogP contribution in [0.1, 0.15) is 83.6 Å². The van der Waals surface area contributed by atoms with Crippen LogP contribution in [0.15, 0.2) is 15.6 Å². The van der Waals surface area contributed by atoms with Crippen molar-refractivity contribution in [2.24, 2.45) is 10.4 Å². The summed E-state index contributed by atoms with van der Waals surface area (Å²) in [6, 6.07) is 2.02. The normalized spacial score (nSPS) is 23.2. The number of aromatic nitrogens is 1. The highest BCUT2D eigenvalue weighted by atomic mass is 127. The van der Waals surface area contributed by atoms with Crippen LogP contribution in [0.2, 0.25) is 0 Å². The Labute approximate surface area is 181 Å². The zero-order chi connectivity index (χ0) is 19.0. The first-order valence-electron chi connectivity index (χ1n) is 10.2. The largest absolute Gasteiger partial charge is 0.392 e. The molecule has 1 saturated carbocycles. The van der Waals surface area contributed by atoms with Gasteiger partial charge in [0.25, 0.3) is 0 Å². The monoisotopic (exact) mass is 492 g/mol. The van der Waals surface area contributed by atoms with E-state index in [1.54, 1.807) is 0 Å². The van der Waals surface area contributed by atoms with Gasteiger partial charge in [0.1, 0.15) is 6.54 Å². The predicted molar refractivity (Wildman–Crippen MR) is 121 cm³/mol. The molecule has 1 aliphatic carbocycles. The van der Waals surface area contributed by atoms with E-state index < -0.39 is 0 Å². The van der Waals surface area contributed by atoms with E-state index >= 15 is 0 Å². The van der Waals surface area contributed by atoms with Gasteiger partial charge >= 0.3 is 0 Å². The summed E-state index contributed by atoms with van der Waals surface area (Å²) in [5, 5.41) is 21.2. The van der Waals surface area contributed by atoms with Gasteiger partial charge in [0.2, 0.25) is 0 Å². The summed E-state index contributed by atoms with van der Waals surface area (Å²) < 4.78 is 5.46. The summed E-state index contributed by atoms with van der Waals surface area (Å²) in [6.45, 7) is 10.5. The number of halogens is 1. The number of hydrogen-bond acceptors (Lipinski definition) is 4. The molecule has 1 aromatic heterocycles. The minimum atomic E-state index is -0.247. The summed E-state index contributed by atoms with van der Waals surface area (Å²) in [4.78, 5) is 4.63. The summed E-state index contributed by atoms with van der Waals surface area (Å²) in [5.41, 5.74) is 0.930. The van der Waals surface area contributed by atoms with Crippen molar-refractivity contribution >= 4 is 29.9 Å². The van der Waals surface area contributed by atoms with Crippen molar-refractivity contribution in [3.8, 4) is 0 Å². The topological polar surface area (TPSA) is 82.7 Å². The van der Waals surface area contributed by atoms with Gasteiger partial charge in [-0.2, -0.15) is 0 Å². The molecule has 0 bridgehead atoms. The SMILES string of the molecule is CCNC(=NCc1cc(C(CC)CC)no1)NCC1(C)CCCCC1O.I. The Morgan fingerprint density at radius 3 is 2.70 bits per heavy atom. The van der Waals surface area contributed by atoms with E-state index in [-0.39, 0.29) is 35.5 Å². The van der Waals surface area contributed by atoms with Gasteiger partial charge in [-0.3, -0.25) is 0 Å². The Hall–Kier alpha value is -0.830. The fraction of sp³-hybridized carbons (Fsp3) is 0.800. The van der Waals surface area contributed by atoms with Crippen molar-refractivity contribution in [2.45, 2.75) is 84.8 Å². The summed E-state index contributed by atoms with van der Waals surface area (Å²) >= 11 is 0. The third-order valence-corrected chi connectivity index (χ3v) is 5.66. The van der Waals surface area contributed by atoms with Gasteiger partial charge in [0.15, 0.2) is 11.7 Å². The van der Waals surface area contributed by atoms with Gasteiger partial charge in [-0.25, -0.2) is 4.99 Å². The van der Waals surface area contributed by atoms with Crippen LogP contribution in [-0.2, 0) is 6.54 Å². The van der Waals surface area contributed by atoms with Crippen molar-refractivity contribution in [2.75, 3.05) is 13.1 Å². The average molecular weight is 492 g/mol. The molecule has 1 aromatic rings. The Bertz CT molecular complexity index is 574. The highest BCUT2D eigenvalue weighted by Gasteiger charge is 2.35. The molecule has 2 unspecified atom stereocenters. The van der Waals surface area contributed by atoms with E-state index in [0.29, 0.717) is 12.5 Å². The lowest BCUT2D eigenvalue weighted by molar-refractivity contribution is 0.00397. The molecule has 27 heavy (non-hydrogen) atoms. The molecule has 0 spiro atoms. The molecule has 3 N–H and O–H groups in total. The molecular weight excluding hydrogens is 455 g/mol. The fourth-order valence-corrected chi connectivity index (χ4v) is 3.67. The molecule has 0 aromatic carbocycles. The smallest absolute Gasteiger partial charge is 0.191 e. The molecule has 1 heterocycles. The van der Waals surface area contributed by atoms with Crippen LogP contribution in [0, 0.1) is 5.41 Å². The number of rotatable bonds is 8. The summed E-state index contributed by atoms with van der Waals surface area (Å²) in [5.74, 6) is 2.00. The molecule has 1 aliphatic rings. The molecule has 0 aliphatic heterocycles. The third kappa shape index (κ3) is 6.93. The number of aliphatic hydroxyl groups excluding tert-OH is 1. The van der Waals surface area contributed by atoms with Crippen molar-refractivity contribution in [3.63, 3.8) is 0 Å². The minimum Gasteiger partial charge on any atom is -0.392 e. The molecular formula is C20H37IN4O2. The highest BCUT2D eigenvalue weighted by Crippen LogP contribution is 2.35. The number of aliphatic imine (C=N–C) groups is 1. The first kappa shape index (κ1) is 24.2. The van der Waals surface area contributed by atoms with Crippen LogP contribution in [0.4, 0.5) is 0 Å². The maximum atomic E-state index is 10.4. The van der Waals surface area contributed by atoms with Gasteiger partial charge in [0, 0.05) is 30.5 Å². The number of hydrogen-bond donors (Lipinski definition) is 3. The number of guanidine groups is 1. The van der Waals surface area contributed by atoms with Gasteiger partial charge < -0.3 is 20.3 Å². The van der Waals surface area contributed by atoms with Crippen LogP contribution >= 0.6 is 24.0 Å². The molecule has 2 rings (SSSR count). The highest BCUT2D eigenvalue weighted by molar-refractivity contribution is 14.0. The minimum absolute atomic E-state index is 0. The standard InChI is InChI=1S/C20H36N4O2.HI/c1-5-15(6-2)17-12-16(26-24-17)13-22-19(21-7-3)23-14-20(4)11-9-8-10-18(20)25;/h12,15,18,25H,5-11,13-14H2,1-4H3,(H2,21,22,23);1H. The number of aliphatic hydroxyl groups is 1. The van der Waals surface area contributed by atoms with E-state index in [9.17, 15) is 5.11 Å². The Morgan fingerprint density at radius 1 is 1.33 bits per heavy atom. The van der Waals surface area contributed by atoms with Crippen LogP contribution in [-0.4, -0.2) is 35.4 Å². The van der Waals surface area contributed by atoms with E-state index in [1.807, 2.05) is 13.0 Å². The molecule has 6 nitrogen and oxygen atoms in total. The van der Waals surface area contributed by atoms with Gasteiger partial charge in [-0.15, -0.1) is 24.0 Å². The summed E-state index contributed by atoms with van der Waals surface area (Å²) in [7, 11) is 0.